The Kier molecular flexibility index (Phi) is 7.32. The van der Waals surface area contributed by atoms with E-state index in [-0.39, 0.29) is 5.91 Å². The predicted molar refractivity (Wildman–Crippen MR) is 93.6 cm³/mol. The average Bonchev–Trinajstić information content (AvgIpc) is 2.44. The summed E-state index contributed by atoms with van der Waals surface area (Å²) in [5, 5.41) is 5.45. The Morgan fingerprint density at radius 3 is 2.26 bits per heavy atom. The molecule has 0 aliphatic rings. The molecule has 0 unspecified atom stereocenters. The molecule has 0 bridgehead atoms. The summed E-state index contributed by atoms with van der Waals surface area (Å²) in [5.41, 5.74) is 0.478. The molecule has 126 valence electrons. The first-order valence-electron chi connectivity index (χ1n) is 7.85. The molecule has 2 N–H and O–H groups in total. The van der Waals surface area contributed by atoms with Gasteiger partial charge in [-0.05, 0) is 39.3 Å². The van der Waals surface area contributed by atoms with Gasteiger partial charge in [-0.15, -0.1) is 0 Å². The topological polar surface area (TPSA) is 67.4 Å². The van der Waals surface area contributed by atoms with Crippen LogP contribution < -0.4 is 10.6 Å². The van der Waals surface area contributed by atoms with E-state index in [1.165, 1.54) is 0 Å². The largest absolute Gasteiger partial charge is 0.444 e. The second kappa shape index (κ2) is 8.98. The van der Waals surface area contributed by atoms with Crippen molar-refractivity contribution in [2.24, 2.45) is 0 Å². The molecule has 0 atom stereocenters. The van der Waals surface area contributed by atoms with Crippen LogP contribution in [-0.4, -0.2) is 17.6 Å². The van der Waals surface area contributed by atoms with Crippen LogP contribution in [0.1, 0.15) is 47.0 Å². The van der Waals surface area contributed by atoms with Crippen LogP contribution in [0.15, 0.2) is 36.4 Å². The maximum Gasteiger partial charge on any atom is 0.412 e. The quantitative estimate of drug-likeness (QED) is 0.746. The highest BCUT2D eigenvalue weighted by Crippen LogP contribution is 2.22. The fourth-order valence-electron chi connectivity index (χ4n) is 1.79. The summed E-state index contributed by atoms with van der Waals surface area (Å²) in [4.78, 5) is 23.8. The van der Waals surface area contributed by atoms with E-state index < -0.39 is 11.7 Å². The van der Waals surface area contributed by atoms with Crippen molar-refractivity contribution < 1.29 is 14.3 Å². The van der Waals surface area contributed by atoms with Gasteiger partial charge >= 0.3 is 6.09 Å². The first-order valence-corrected chi connectivity index (χ1v) is 7.85. The normalized spacial score (nSPS) is 11.3. The molecule has 0 saturated carbocycles. The standard InChI is InChI=1S/C18H26N2O3/c1-5-6-7-8-13-16(21)19-14-11-9-10-12-15(14)20-17(22)23-18(2,3)4/h7-12H,5-6,13H2,1-4H3,(H,19,21)(H,20,22). The fourth-order valence-corrected chi connectivity index (χ4v) is 1.79. The van der Waals surface area contributed by atoms with Crippen LogP contribution in [0.2, 0.25) is 0 Å². The zero-order valence-corrected chi connectivity index (χ0v) is 14.3. The van der Waals surface area contributed by atoms with Gasteiger partial charge in [0.05, 0.1) is 11.4 Å². The molecule has 5 heteroatoms. The Bertz CT molecular complexity index is 560. The summed E-state index contributed by atoms with van der Waals surface area (Å²) in [6.45, 7) is 7.47. The lowest BCUT2D eigenvalue weighted by Gasteiger charge is -2.20. The third kappa shape index (κ3) is 8.04. The molecule has 0 heterocycles. The molecular weight excluding hydrogens is 292 g/mol. The van der Waals surface area contributed by atoms with Gasteiger partial charge in [0.15, 0.2) is 0 Å². The summed E-state index contributed by atoms with van der Waals surface area (Å²) in [7, 11) is 0. The molecule has 1 aromatic rings. The summed E-state index contributed by atoms with van der Waals surface area (Å²) in [6.07, 6.45) is 5.61. The lowest BCUT2D eigenvalue weighted by atomic mass is 10.2. The monoisotopic (exact) mass is 318 g/mol. The van der Waals surface area contributed by atoms with Gasteiger partial charge in [-0.2, -0.15) is 0 Å². The van der Waals surface area contributed by atoms with E-state index in [0.29, 0.717) is 17.8 Å². The minimum atomic E-state index is -0.577. The van der Waals surface area contributed by atoms with Gasteiger partial charge in [-0.25, -0.2) is 4.79 Å². The number of hydrogen-bond acceptors (Lipinski definition) is 3. The molecule has 0 spiro atoms. The molecule has 0 radical (unpaired) electrons. The summed E-state index contributed by atoms with van der Waals surface area (Å²) in [5.74, 6) is -0.129. The molecular formula is C18H26N2O3. The number of benzene rings is 1. The van der Waals surface area contributed by atoms with E-state index in [4.69, 9.17) is 4.74 Å². The molecule has 1 aromatic carbocycles. The third-order valence-corrected chi connectivity index (χ3v) is 2.76. The van der Waals surface area contributed by atoms with Crippen molar-refractivity contribution in [3.63, 3.8) is 0 Å². The average molecular weight is 318 g/mol. The number of anilines is 2. The van der Waals surface area contributed by atoms with E-state index >= 15 is 0 Å². The number of rotatable bonds is 6. The minimum Gasteiger partial charge on any atom is -0.444 e. The van der Waals surface area contributed by atoms with Crippen molar-refractivity contribution in [3.8, 4) is 0 Å². The zero-order chi connectivity index (χ0) is 17.3. The number of carbonyl (C=O) groups excluding carboxylic acids is 2. The lowest BCUT2D eigenvalue weighted by Crippen LogP contribution is -2.27. The second-order valence-electron chi connectivity index (χ2n) is 6.18. The van der Waals surface area contributed by atoms with Crippen LogP contribution in [-0.2, 0) is 9.53 Å². The Balaban J connectivity index is 2.66. The molecule has 0 aliphatic carbocycles. The van der Waals surface area contributed by atoms with Crippen LogP contribution in [0.25, 0.3) is 0 Å². The van der Waals surface area contributed by atoms with E-state index in [1.807, 2.05) is 12.2 Å². The fraction of sp³-hybridized carbons (Fsp3) is 0.444. The van der Waals surface area contributed by atoms with Crippen LogP contribution in [0.5, 0.6) is 0 Å². The van der Waals surface area contributed by atoms with Crippen LogP contribution in [0, 0.1) is 0 Å². The molecule has 0 aromatic heterocycles. The summed E-state index contributed by atoms with van der Waals surface area (Å²) >= 11 is 0. The van der Waals surface area contributed by atoms with Crippen molar-refractivity contribution >= 4 is 23.4 Å². The van der Waals surface area contributed by atoms with Crippen molar-refractivity contribution in [2.45, 2.75) is 52.6 Å². The zero-order valence-electron chi connectivity index (χ0n) is 14.3. The first kappa shape index (κ1) is 18.7. The van der Waals surface area contributed by atoms with Crippen molar-refractivity contribution in [2.75, 3.05) is 10.6 Å². The number of nitrogens with one attached hydrogen (secondary N) is 2. The van der Waals surface area contributed by atoms with Crippen molar-refractivity contribution in [1.29, 1.82) is 0 Å². The minimum absolute atomic E-state index is 0.129. The number of carbonyl (C=O) groups is 2. The number of para-hydroxylation sites is 2. The Morgan fingerprint density at radius 2 is 1.70 bits per heavy atom. The van der Waals surface area contributed by atoms with Gasteiger partial charge in [-0.3, -0.25) is 10.1 Å². The Hall–Kier alpha value is -2.30. The van der Waals surface area contributed by atoms with Gasteiger partial charge in [0, 0.05) is 6.42 Å². The van der Waals surface area contributed by atoms with Gasteiger partial charge in [0.2, 0.25) is 5.91 Å². The van der Waals surface area contributed by atoms with E-state index in [2.05, 4.69) is 17.6 Å². The number of unbranched alkanes of at least 4 members (excludes halogenated alkanes) is 1. The molecule has 0 saturated heterocycles. The van der Waals surface area contributed by atoms with Gasteiger partial charge in [0.25, 0.3) is 0 Å². The Morgan fingerprint density at radius 1 is 1.09 bits per heavy atom. The lowest BCUT2D eigenvalue weighted by molar-refractivity contribution is -0.115. The number of allylic oxidation sites excluding steroid dienone is 1. The molecule has 2 amide bonds. The maximum atomic E-state index is 11.9. The predicted octanol–water partition coefficient (Wildman–Crippen LogP) is 4.72. The number of ether oxygens (including phenoxy) is 1. The third-order valence-electron chi connectivity index (χ3n) is 2.76. The number of hydrogen-bond donors (Lipinski definition) is 2. The first-order chi connectivity index (χ1) is 10.8. The van der Waals surface area contributed by atoms with Crippen molar-refractivity contribution in [3.05, 3.63) is 36.4 Å². The molecule has 0 fully saturated rings. The molecule has 0 aliphatic heterocycles. The highest BCUT2D eigenvalue weighted by atomic mass is 16.6. The second-order valence-corrected chi connectivity index (χ2v) is 6.18. The van der Waals surface area contributed by atoms with E-state index in [9.17, 15) is 9.59 Å². The van der Waals surface area contributed by atoms with E-state index in [0.717, 1.165) is 12.8 Å². The summed E-state index contributed by atoms with van der Waals surface area (Å²) < 4.78 is 5.22. The van der Waals surface area contributed by atoms with Crippen LogP contribution >= 0.6 is 0 Å². The summed E-state index contributed by atoms with van der Waals surface area (Å²) in [6, 6.07) is 7.03. The molecule has 23 heavy (non-hydrogen) atoms. The highest BCUT2D eigenvalue weighted by molar-refractivity contribution is 5.98. The number of amides is 2. The van der Waals surface area contributed by atoms with Crippen molar-refractivity contribution in [1.82, 2.24) is 0 Å². The van der Waals surface area contributed by atoms with E-state index in [1.54, 1.807) is 45.0 Å². The van der Waals surface area contributed by atoms with Gasteiger partial charge < -0.3 is 10.1 Å². The van der Waals surface area contributed by atoms with Gasteiger partial charge in [0.1, 0.15) is 5.60 Å². The Labute approximate surface area is 138 Å². The molecule has 1 rings (SSSR count). The van der Waals surface area contributed by atoms with Crippen LogP contribution in [0.3, 0.4) is 0 Å². The maximum absolute atomic E-state index is 11.9. The van der Waals surface area contributed by atoms with Gasteiger partial charge in [-0.1, -0.05) is 37.6 Å². The smallest absolute Gasteiger partial charge is 0.412 e. The van der Waals surface area contributed by atoms with Crippen LogP contribution in [0.4, 0.5) is 16.2 Å². The highest BCUT2D eigenvalue weighted by Gasteiger charge is 2.17. The SMILES string of the molecule is CCCC=CCC(=O)Nc1ccccc1NC(=O)OC(C)(C)C. The molecule has 5 nitrogen and oxygen atoms in total.